The molecule has 0 fully saturated rings. The second kappa shape index (κ2) is 7.32. The standard InChI is InChI=1S/C12H14BrNO6/c1-2-20-11(16)6-10(15)12(17)8-4-3-7(13)5-9(8)14(18)19/h3-5,10,12,15,17H,2,6H2,1H3. The zero-order valence-corrected chi connectivity index (χ0v) is 12.2. The van der Waals surface area contributed by atoms with Gasteiger partial charge in [0, 0.05) is 10.5 Å². The Balaban J connectivity index is 2.93. The molecule has 20 heavy (non-hydrogen) atoms. The van der Waals surface area contributed by atoms with Crippen LogP contribution in [0.15, 0.2) is 22.7 Å². The molecule has 1 rings (SSSR count). The first kappa shape index (κ1) is 16.5. The number of nitro benzene ring substituents is 1. The summed E-state index contributed by atoms with van der Waals surface area (Å²) in [5.41, 5.74) is -0.398. The fourth-order valence-electron chi connectivity index (χ4n) is 1.63. The van der Waals surface area contributed by atoms with Crippen molar-refractivity contribution in [1.82, 2.24) is 0 Å². The molecule has 0 aromatic heterocycles. The predicted octanol–water partition coefficient (Wildman–Crippen LogP) is 1.70. The normalized spacial score (nSPS) is 13.6. The van der Waals surface area contributed by atoms with Gasteiger partial charge in [-0.05, 0) is 19.1 Å². The van der Waals surface area contributed by atoms with Crippen LogP contribution in [0.5, 0.6) is 0 Å². The van der Waals surface area contributed by atoms with Crippen molar-refractivity contribution < 1.29 is 24.7 Å². The first-order valence-electron chi connectivity index (χ1n) is 5.82. The second-order valence-corrected chi connectivity index (χ2v) is 4.90. The van der Waals surface area contributed by atoms with E-state index in [1.807, 2.05) is 0 Å². The summed E-state index contributed by atoms with van der Waals surface area (Å²) in [6.45, 7) is 1.76. The highest BCUT2D eigenvalue weighted by Crippen LogP contribution is 2.31. The summed E-state index contributed by atoms with van der Waals surface area (Å²) < 4.78 is 5.12. The van der Waals surface area contributed by atoms with Gasteiger partial charge < -0.3 is 14.9 Å². The Labute approximate surface area is 123 Å². The first-order valence-corrected chi connectivity index (χ1v) is 6.61. The third-order valence-corrected chi connectivity index (χ3v) is 3.05. The number of carbonyl (C=O) groups is 1. The highest BCUT2D eigenvalue weighted by Gasteiger charge is 2.28. The molecule has 0 heterocycles. The van der Waals surface area contributed by atoms with E-state index in [1.54, 1.807) is 6.92 Å². The molecule has 0 saturated heterocycles. The Kier molecular flexibility index (Phi) is 6.05. The van der Waals surface area contributed by atoms with E-state index in [1.165, 1.54) is 18.2 Å². The van der Waals surface area contributed by atoms with Gasteiger partial charge in [0.25, 0.3) is 5.69 Å². The van der Waals surface area contributed by atoms with E-state index >= 15 is 0 Å². The summed E-state index contributed by atoms with van der Waals surface area (Å²) in [5.74, 6) is -0.682. The molecule has 0 bridgehead atoms. The molecule has 7 nitrogen and oxygen atoms in total. The van der Waals surface area contributed by atoms with Crippen molar-refractivity contribution >= 4 is 27.6 Å². The van der Waals surface area contributed by atoms with Crippen LogP contribution < -0.4 is 0 Å². The number of ether oxygens (including phenoxy) is 1. The van der Waals surface area contributed by atoms with Gasteiger partial charge in [-0.3, -0.25) is 14.9 Å². The van der Waals surface area contributed by atoms with Gasteiger partial charge in [0.1, 0.15) is 6.10 Å². The Hall–Kier alpha value is -1.51. The Bertz CT molecular complexity index is 507. The molecule has 0 aliphatic carbocycles. The number of benzene rings is 1. The lowest BCUT2D eigenvalue weighted by Gasteiger charge is -2.17. The highest BCUT2D eigenvalue weighted by molar-refractivity contribution is 9.10. The molecule has 8 heteroatoms. The third-order valence-electron chi connectivity index (χ3n) is 2.55. The molecule has 2 unspecified atom stereocenters. The van der Waals surface area contributed by atoms with Gasteiger partial charge in [0.15, 0.2) is 0 Å². The van der Waals surface area contributed by atoms with E-state index in [4.69, 9.17) is 0 Å². The van der Waals surface area contributed by atoms with Gasteiger partial charge in [0.05, 0.1) is 29.6 Å². The molecule has 0 spiro atoms. The summed E-state index contributed by atoms with van der Waals surface area (Å²) >= 11 is 3.09. The van der Waals surface area contributed by atoms with Gasteiger partial charge in [-0.2, -0.15) is 0 Å². The van der Waals surface area contributed by atoms with Crippen molar-refractivity contribution in [2.24, 2.45) is 0 Å². The van der Waals surface area contributed by atoms with Crippen LogP contribution in [0.4, 0.5) is 5.69 Å². The van der Waals surface area contributed by atoms with Crippen molar-refractivity contribution in [1.29, 1.82) is 0 Å². The van der Waals surface area contributed by atoms with Gasteiger partial charge in [-0.25, -0.2) is 0 Å². The Morgan fingerprint density at radius 2 is 2.15 bits per heavy atom. The van der Waals surface area contributed by atoms with Gasteiger partial charge in [-0.15, -0.1) is 0 Å². The maximum Gasteiger partial charge on any atom is 0.308 e. The Morgan fingerprint density at radius 3 is 2.70 bits per heavy atom. The summed E-state index contributed by atoms with van der Waals surface area (Å²) in [5, 5.41) is 30.6. The molecule has 2 N–H and O–H groups in total. The van der Waals surface area contributed by atoms with E-state index in [0.29, 0.717) is 4.47 Å². The minimum absolute atomic E-state index is 0.0602. The quantitative estimate of drug-likeness (QED) is 0.460. The lowest BCUT2D eigenvalue weighted by Crippen LogP contribution is -2.23. The minimum Gasteiger partial charge on any atom is -0.466 e. The number of carbonyl (C=O) groups excluding carboxylic acids is 1. The van der Waals surface area contributed by atoms with E-state index in [9.17, 15) is 25.1 Å². The molecule has 110 valence electrons. The molecule has 0 aliphatic rings. The number of esters is 1. The lowest BCUT2D eigenvalue weighted by atomic mass is 10.0. The van der Waals surface area contributed by atoms with Gasteiger partial charge in [-0.1, -0.05) is 15.9 Å². The average Bonchev–Trinajstić information content (AvgIpc) is 2.37. The minimum atomic E-state index is -1.55. The van der Waals surface area contributed by atoms with Crippen molar-refractivity contribution in [3.05, 3.63) is 38.3 Å². The molecule has 0 saturated carbocycles. The highest BCUT2D eigenvalue weighted by atomic mass is 79.9. The topological polar surface area (TPSA) is 110 Å². The van der Waals surface area contributed by atoms with Crippen LogP contribution in [0.3, 0.4) is 0 Å². The smallest absolute Gasteiger partial charge is 0.308 e. The van der Waals surface area contributed by atoms with E-state index in [2.05, 4.69) is 20.7 Å². The first-order chi connectivity index (χ1) is 9.36. The van der Waals surface area contributed by atoms with Gasteiger partial charge >= 0.3 is 5.97 Å². The molecule has 1 aromatic carbocycles. The molecular weight excluding hydrogens is 334 g/mol. The van der Waals surface area contributed by atoms with E-state index in [0.717, 1.165) is 0 Å². The summed E-state index contributed by atoms with van der Waals surface area (Å²) in [7, 11) is 0. The largest absolute Gasteiger partial charge is 0.466 e. The molecule has 1 aromatic rings. The molecular formula is C12H14BrNO6. The van der Waals surface area contributed by atoms with E-state index in [-0.39, 0.29) is 17.9 Å². The van der Waals surface area contributed by atoms with Crippen LogP contribution in [0.2, 0.25) is 0 Å². The number of aliphatic hydroxyl groups is 2. The SMILES string of the molecule is CCOC(=O)CC(O)C(O)c1ccc(Br)cc1[N+](=O)[O-]. The Morgan fingerprint density at radius 1 is 1.50 bits per heavy atom. The van der Waals surface area contributed by atoms with Crippen LogP contribution >= 0.6 is 15.9 Å². The maximum atomic E-state index is 11.2. The zero-order chi connectivity index (χ0) is 15.3. The number of rotatable bonds is 6. The second-order valence-electron chi connectivity index (χ2n) is 3.98. The van der Waals surface area contributed by atoms with Crippen LogP contribution in [-0.4, -0.2) is 33.8 Å². The predicted molar refractivity (Wildman–Crippen MR) is 73.0 cm³/mol. The third kappa shape index (κ3) is 4.26. The maximum absolute atomic E-state index is 11.2. The molecule has 0 aliphatic heterocycles. The average molecular weight is 348 g/mol. The summed E-state index contributed by atoms with van der Waals surface area (Å²) in [6, 6.07) is 4.04. The number of aliphatic hydroxyl groups excluding tert-OH is 2. The summed E-state index contributed by atoms with van der Waals surface area (Å²) in [4.78, 5) is 21.5. The van der Waals surface area contributed by atoms with Crippen LogP contribution in [0, 0.1) is 10.1 Å². The fraction of sp³-hybridized carbons (Fsp3) is 0.417. The zero-order valence-electron chi connectivity index (χ0n) is 10.7. The lowest BCUT2D eigenvalue weighted by molar-refractivity contribution is -0.386. The van der Waals surface area contributed by atoms with E-state index < -0.39 is 29.5 Å². The van der Waals surface area contributed by atoms with Crippen LogP contribution in [0.1, 0.15) is 25.0 Å². The fourth-order valence-corrected chi connectivity index (χ4v) is 1.98. The van der Waals surface area contributed by atoms with Gasteiger partial charge in [0.2, 0.25) is 0 Å². The van der Waals surface area contributed by atoms with Crippen LogP contribution in [-0.2, 0) is 9.53 Å². The summed E-state index contributed by atoms with van der Waals surface area (Å²) in [6.07, 6.45) is -3.47. The number of nitro groups is 1. The van der Waals surface area contributed by atoms with Crippen molar-refractivity contribution in [3.8, 4) is 0 Å². The van der Waals surface area contributed by atoms with Crippen molar-refractivity contribution in [3.63, 3.8) is 0 Å². The number of halogens is 1. The van der Waals surface area contributed by atoms with Crippen LogP contribution in [0.25, 0.3) is 0 Å². The van der Waals surface area contributed by atoms with Crippen molar-refractivity contribution in [2.45, 2.75) is 25.6 Å². The number of nitrogens with zero attached hydrogens (tertiary/aromatic N) is 1. The molecule has 0 radical (unpaired) electrons. The monoisotopic (exact) mass is 347 g/mol. The number of hydrogen-bond donors (Lipinski definition) is 2. The molecule has 0 amide bonds. The van der Waals surface area contributed by atoms with Crippen molar-refractivity contribution in [2.75, 3.05) is 6.61 Å². The molecule has 2 atom stereocenters. The number of hydrogen-bond acceptors (Lipinski definition) is 6.